The third-order valence-electron chi connectivity index (χ3n) is 3.99. The smallest absolute Gasteiger partial charge is 0.409 e. The van der Waals surface area contributed by atoms with Crippen LogP contribution in [-0.2, 0) is 9.53 Å². The molecule has 1 atom stereocenters. The molecule has 2 rings (SSSR count). The third-order valence-corrected chi connectivity index (χ3v) is 4.63. The first-order valence-corrected chi connectivity index (χ1v) is 9.38. The molecule has 1 aromatic rings. The number of aromatic nitrogens is 1. The summed E-state index contributed by atoms with van der Waals surface area (Å²) in [6.07, 6.45) is 6.46. The largest absolute Gasteiger partial charge is 0.450 e. The van der Waals surface area contributed by atoms with Crippen LogP contribution in [0.25, 0.3) is 0 Å². The molecule has 2 heterocycles. The summed E-state index contributed by atoms with van der Waals surface area (Å²) in [6, 6.07) is 3.72. The van der Waals surface area contributed by atoms with E-state index in [-0.39, 0.29) is 18.0 Å². The topological polar surface area (TPSA) is 54.8 Å². The van der Waals surface area contributed by atoms with Gasteiger partial charge in [0, 0.05) is 38.6 Å². The number of rotatable bonds is 6. The molecule has 1 fully saturated rings. The molecule has 7 heteroatoms. The minimum absolute atomic E-state index is 0.138. The van der Waals surface area contributed by atoms with Crippen molar-refractivity contribution in [2.45, 2.75) is 19.4 Å². The number of piperazine rings is 1. The molecule has 1 aliphatic rings. The van der Waals surface area contributed by atoms with Crippen LogP contribution in [0.2, 0.25) is 0 Å². The number of nitrogens with zero attached hydrogens (tertiary/aromatic N) is 3. The van der Waals surface area contributed by atoms with Crippen LogP contribution in [0.15, 0.2) is 24.5 Å². The Balaban J connectivity index is 1.95. The molecule has 0 N–H and O–H groups in total. The van der Waals surface area contributed by atoms with Crippen LogP contribution in [0.3, 0.4) is 0 Å². The molecule has 6 nitrogen and oxygen atoms in total. The van der Waals surface area contributed by atoms with Gasteiger partial charge in [0.05, 0.1) is 6.61 Å². The summed E-state index contributed by atoms with van der Waals surface area (Å²) >= 11 is 1.75. The second-order valence-electron chi connectivity index (χ2n) is 5.44. The van der Waals surface area contributed by atoms with Crippen molar-refractivity contribution in [3.63, 3.8) is 0 Å². The Hall–Kier alpha value is -1.63. The number of ether oxygens (including phenoxy) is 1. The van der Waals surface area contributed by atoms with Gasteiger partial charge in [-0.15, -0.1) is 0 Å². The maximum absolute atomic E-state index is 12.9. The summed E-state index contributed by atoms with van der Waals surface area (Å²) in [4.78, 5) is 28.1. The average molecular weight is 339 g/mol. The van der Waals surface area contributed by atoms with Crippen LogP contribution in [-0.4, -0.2) is 71.2 Å². The summed E-state index contributed by atoms with van der Waals surface area (Å²) in [5.41, 5.74) is 0. The Morgan fingerprint density at radius 2 is 1.74 bits per heavy atom. The molecule has 23 heavy (non-hydrogen) atoms. The van der Waals surface area contributed by atoms with Gasteiger partial charge in [0.25, 0.3) is 0 Å². The lowest BCUT2D eigenvalue weighted by Gasteiger charge is -2.36. The fraction of sp³-hybridized carbons (Fsp3) is 0.625. The van der Waals surface area contributed by atoms with Crippen molar-refractivity contribution in [2.75, 3.05) is 44.8 Å². The lowest BCUT2D eigenvalue weighted by molar-refractivity contribution is -0.136. The van der Waals surface area contributed by atoms with Crippen LogP contribution in [0.4, 0.5) is 4.79 Å². The number of carbonyl (C=O) groups is 2. The predicted molar refractivity (Wildman–Crippen MR) is 91.6 cm³/mol. The lowest BCUT2D eigenvalue weighted by Crippen LogP contribution is -2.52. The second kappa shape index (κ2) is 8.86. The average Bonchev–Trinajstić information content (AvgIpc) is 3.09. The molecule has 0 spiro atoms. The van der Waals surface area contributed by atoms with E-state index in [1.807, 2.05) is 34.0 Å². The molecule has 128 valence electrons. The number of hydrogen-bond acceptors (Lipinski definition) is 4. The number of thioether (sulfide) groups is 1. The zero-order valence-electron chi connectivity index (χ0n) is 13.8. The van der Waals surface area contributed by atoms with Gasteiger partial charge in [-0.25, -0.2) is 4.79 Å². The van der Waals surface area contributed by atoms with Gasteiger partial charge in [0.2, 0.25) is 5.91 Å². The van der Waals surface area contributed by atoms with Crippen molar-refractivity contribution in [2.24, 2.45) is 0 Å². The first kappa shape index (κ1) is 17.7. The highest BCUT2D eigenvalue weighted by Crippen LogP contribution is 2.19. The zero-order chi connectivity index (χ0) is 16.7. The summed E-state index contributed by atoms with van der Waals surface area (Å²) < 4.78 is 7.00. The van der Waals surface area contributed by atoms with Crippen LogP contribution in [0.5, 0.6) is 0 Å². The van der Waals surface area contributed by atoms with Crippen LogP contribution >= 0.6 is 11.8 Å². The van der Waals surface area contributed by atoms with Crippen molar-refractivity contribution in [1.29, 1.82) is 0 Å². The van der Waals surface area contributed by atoms with E-state index in [4.69, 9.17) is 4.74 Å². The van der Waals surface area contributed by atoms with Gasteiger partial charge in [-0.05, 0) is 37.5 Å². The van der Waals surface area contributed by atoms with E-state index in [9.17, 15) is 9.59 Å². The van der Waals surface area contributed by atoms with Gasteiger partial charge in [0.1, 0.15) is 6.04 Å². The molecule has 0 aromatic carbocycles. The monoisotopic (exact) mass is 339 g/mol. The quantitative estimate of drug-likeness (QED) is 0.796. The van der Waals surface area contributed by atoms with Crippen LogP contribution in [0, 0.1) is 0 Å². The van der Waals surface area contributed by atoms with E-state index < -0.39 is 0 Å². The fourth-order valence-electron chi connectivity index (χ4n) is 2.72. The summed E-state index contributed by atoms with van der Waals surface area (Å²) in [6.45, 7) is 4.37. The molecule has 2 amide bonds. The van der Waals surface area contributed by atoms with Gasteiger partial charge in [-0.1, -0.05) is 0 Å². The van der Waals surface area contributed by atoms with E-state index in [0.717, 1.165) is 12.2 Å². The second-order valence-corrected chi connectivity index (χ2v) is 6.42. The summed E-state index contributed by atoms with van der Waals surface area (Å²) in [5, 5.41) is 0. The highest BCUT2D eigenvalue weighted by atomic mass is 32.2. The van der Waals surface area contributed by atoms with Crippen LogP contribution < -0.4 is 0 Å². The van der Waals surface area contributed by atoms with E-state index >= 15 is 0 Å². The number of carbonyl (C=O) groups excluding carboxylic acids is 2. The van der Waals surface area contributed by atoms with Gasteiger partial charge >= 0.3 is 6.09 Å². The highest BCUT2D eigenvalue weighted by molar-refractivity contribution is 7.98. The Labute approximate surface area is 141 Å². The van der Waals surface area contributed by atoms with Crippen molar-refractivity contribution in [1.82, 2.24) is 14.4 Å². The van der Waals surface area contributed by atoms with E-state index in [0.29, 0.717) is 32.8 Å². The van der Waals surface area contributed by atoms with Crippen LogP contribution in [0.1, 0.15) is 19.4 Å². The molecule has 0 bridgehead atoms. The maximum atomic E-state index is 12.9. The summed E-state index contributed by atoms with van der Waals surface area (Å²) in [7, 11) is 0. The Morgan fingerprint density at radius 3 is 2.30 bits per heavy atom. The molecule has 1 aromatic heterocycles. The SMILES string of the molecule is CCOC(=O)N1CCN(C(=O)[C@@H](CCSC)n2cccc2)CC1. The van der Waals surface area contributed by atoms with Gasteiger partial charge in [-0.3, -0.25) is 4.79 Å². The molecule has 0 radical (unpaired) electrons. The van der Waals surface area contributed by atoms with Crippen molar-refractivity contribution >= 4 is 23.8 Å². The first-order valence-electron chi connectivity index (χ1n) is 7.99. The summed E-state index contributed by atoms with van der Waals surface area (Å²) in [5.74, 6) is 1.08. The molecule has 0 saturated carbocycles. The number of hydrogen-bond donors (Lipinski definition) is 0. The molecular weight excluding hydrogens is 314 g/mol. The Morgan fingerprint density at radius 1 is 1.13 bits per heavy atom. The van der Waals surface area contributed by atoms with E-state index in [1.165, 1.54) is 0 Å². The Kier molecular flexibility index (Phi) is 6.83. The lowest BCUT2D eigenvalue weighted by atomic mass is 10.1. The van der Waals surface area contributed by atoms with Crippen molar-refractivity contribution < 1.29 is 14.3 Å². The van der Waals surface area contributed by atoms with Gasteiger partial charge in [0.15, 0.2) is 0 Å². The van der Waals surface area contributed by atoms with E-state index in [1.54, 1.807) is 23.6 Å². The molecule has 0 aliphatic carbocycles. The predicted octanol–water partition coefficient (Wildman–Crippen LogP) is 2.08. The molecule has 1 aliphatic heterocycles. The molecule has 0 unspecified atom stereocenters. The minimum Gasteiger partial charge on any atom is -0.450 e. The Bertz CT molecular complexity index is 499. The van der Waals surface area contributed by atoms with Crippen molar-refractivity contribution in [3.8, 4) is 0 Å². The normalized spacial score (nSPS) is 16.3. The fourth-order valence-corrected chi connectivity index (χ4v) is 3.18. The maximum Gasteiger partial charge on any atom is 0.409 e. The first-order chi connectivity index (χ1) is 11.2. The molecule has 1 saturated heterocycles. The van der Waals surface area contributed by atoms with Crippen molar-refractivity contribution in [3.05, 3.63) is 24.5 Å². The van der Waals surface area contributed by atoms with Gasteiger partial charge < -0.3 is 19.1 Å². The zero-order valence-corrected chi connectivity index (χ0v) is 14.6. The minimum atomic E-state index is -0.288. The van der Waals surface area contributed by atoms with Gasteiger partial charge in [-0.2, -0.15) is 11.8 Å². The van der Waals surface area contributed by atoms with E-state index in [2.05, 4.69) is 6.26 Å². The third kappa shape index (κ3) is 4.67. The molecular formula is C16H25N3O3S. The standard InChI is InChI=1S/C16H25N3O3S/c1-3-22-16(21)19-11-9-18(10-12-19)15(20)14(6-13-23-2)17-7-4-5-8-17/h4-5,7-8,14H,3,6,9-13H2,1-2H3/t14-/m1/s1. The number of amides is 2. The highest BCUT2D eigenvalue weighted by Gasteiger charge is 2.29.